The molecule has 0 radical (unpaired) electrons. The minimum absolute atomic E-state index is 0.0242. The van der Waals surface area contributed by atoms with E-state index in [1.165, 1.54) is 71.1 Å². The lowest BCUT2D eigenvalue weighted by molar-refractivity contribution is -0.146. The third-order valence-corrected chi connectivity index (χ3v) is 10.7. The summed E-state index contributed by atoms with van der Waals surface area (Å²) in [7, 11) is 0. The van der Waals surface area contributed by atoms with Crippen LogP contribution in [0.2, 0.25) is 0 Å². The van der Waals surface area contributed by atoms with E-state index in [2.05, 4.69) is 5.32 Å². The standard InChI is InChI=1S/C41H69NO10/c1-31(43)20-23-34(40(49)50)28-36(44)27-26-35(41(51)52)29-37(45)33-24-21-32(22-25-33)30-42-38(46)18-16-14-12-10-8-6-4-2-3-5-7-9-11-13-15-17-19-39(47)48/h32-35H,2-30H2,1H3,(H,42,46)(H,47,48)(H,49,50)(H,51,52)/t32?,33?,34-,35-/m1/s1. The summed E-state index contributed by atoms with van der Waals surface area (Å²) in [5.74, 6) is -5.47. The Morgan fingerprint density at radius 2 is 0.962 bits per heavy atom. The van der Waals surface area contributed by atoms with Crippen molar-refractivity contribution in [1.29, 1.82) is 0 Å². The first-order valence-electron chi connectivity index (χ1n) is 20.4. The molecule has 0 saturated heterocycles. The molecule has 11 nitrogen and oxygen atoms in total. The minimum Gasteiger partial charge on any atom is -0.481 e. The smallest absolute Gasteiger partial charge is 0.306 e. The quantitative estimate of drug-likeness (QED) is 0.0466. The van der Waals surface area contributed by atoms with Gasteiger partial charge in [-0.3, -0.25) is 28.8 Å². The lowest BCUT2D eigenvalue weighted by Gasteiger charge is -2.28. The number of ketones is 3. The normalized spacial score (nSPS) is 16.9. The highest BCUT2D eigenvalue weighted by Gasteiger charge is 2.31. The molecule has 1 aliphatic carbocycles. The first-order chi connectivity index (χ1) is 24.9. The van der Waals surface area contributed by atoms with Crippen molar-refractivity contribution >= 4 is 41.2 Å². The maximum Gasteiger partial charge on any atom is 0.306 e. The molecule has 298 valence electrons. The summed E-state index contributed by atoms with van der Waals surface area (Å²) in [6.45, 7) is 1.95. The molecule has 1 aliphatic rings. The number of rotatable bonds is 34. The molecule has 0 aromatic carbocycles. The number of nitrogens with one attached hydrogen (secondary N) is 1. The third kappa shape index (κ3) is 25.0. The average molecular weight is 736 g/mol. The van der Waals surface area contributed by atoms with Gasteiger partial charge in [0.2, 0.25) is 5.91 Å². The Morgan fingerprint density at radius 3 is 1.40 bits per heavy atom. The van der Waals surface area contributed by atoms with Gasteiger partial charge in [0, 0.05) is 51.0 Å². The fraction of sp³-hybridized carbons (Fsp3) is 0.829. The second kappa shape index (κ2) is 29.4. The summed E-state index contributed by atoms with van der Waals surface area (Å²) < 4.78 is 0. The van der Waals surface area contributed by atoms with Crippen LogP contribution in [0.4, 0.5) is 0 Å². The van der Waals surface area contributed by atoms with E-state index in [1.807, 2.05) is 0 Å². The molecule has 52 heavy (non-hydrogen) atoms. The Balaban J connectivity index is 2.08. The van der Waals surface area contributed by atoms with Crippen molar-refractivity contribution in [2.75, 3.05) is 6.54 Å². The molecular weight excluding hydrogens is 666 g/mol. The van der Waals surface area contributed by atoms with E-state index in [1.54, 1.807) is 0 Å². The second-order valence-corrected chi connectivity index (χ2v) is 15.3. The average Bonchev–Trinajstić information content (AvgIpc) is 3.09. The highest BCUT2D eigenvalue weighted by atomic mass is 16.4. The number of amides is 1. The van der Waals surface area contributed by atoms with Gasteiger partial charge < -0.3 is 25.4 Å². The van der Waals surface area contributed by atoms with Gasteiger partial charge in [0.25, 0.3) is 0 Å². The molecule has 0 aromatic heterocycles. The predicted octanol–water partition coefficient (Wildman–Crippen LogP) is 8.48. The van der Waals surface area contributed by atoms with E-state index >= 15 is 0 Å². The van der Waals surface area contributed by atoms with Gasteiger partial charge in [-0.05, 0) is 64.2 Å². The molecule has 1 rings (SSSR count). The van der Waals surface area contributed by atoms with Gasteiger partial charge in [-0.1, -0.05) is 89.9 Å². The number of hydrogen-bond donors (Lipinski definition) is 4. The number of carboxylic acids is 3. The van der Waals surface area contributed by atoms with Gasteiger partial charge in [0.15, 0.2) is 0 Å². The molecule has 0 heterocycles. The van der Waals surface area contributed by atoms with Crippen molar-refractivity contribution in [3.63, 3.8) is 0 Å². The topological polar surface area (TPSA) is 192 Å². The van der Waals surface area contributed by atoms with Crippen LogP contribution in [0.25, 0.3) is 0 Å². The molecule has 0 aliphatic heterocycles. The van der Waals surface area contributed by atoms with Crippen molar-refractivity contribution in [2.24, 2.45) is 23.7 Å². The number of carbonyl (C=O) groups is 7. The number of hydrogen-bond acceptors (Lipinski definition) is 7. The molecule has 4 N–H and O–H groups in total. The van der Waals surface area contributed by atoms with E-state index in [9.17, 15) is 43.8 Å². The van der Waals surface area contributed by atoms with Crippen molar-refractivity contribution in [2.45, 2.75) is 187 Å². The number of carbonyl (C=O) groups excluding carboxylic acids is 4. The number of carboxylic acid groups (broad SMARTS) is 3. The Morgan fingerprint density at radius 1 is 0.538 bits per heavy atom. The van der Waals surface area contributed by atoms with Gasteiger partial charge in [0.05, 0.1) is 11.8 Å². The van der Waals surface area contributed by atoms with E-state index in [-0.39, 0.29) is 67.7 Å². The molecule has 11 heteroatoms. The number of aliphatic carboxylic acids is 3. The van der Waals surface area contributed by atoms with Crippen LogP contribution in [-0.4, -0.2) is 63.0 Å². The monoisotopic (exact) mass is 735 g/mol. The summed E-state index contributed by atoms with van der Waals surface area (Å²) in [6, 6.07) is 0. The van der Waals surface area contributed by atoms with Gasteiger partial charge in [-0.25, -0.2) is 0 Å². The maximum atomic E-state index is 13.0. The van der Waals surface area contributed by atoms with Gasteiger partial charge in [-0.2, -0.15) is 0 Å². The van der Waals surface area contributed by atoms with Crippen LogP contribution in [0, 0.1) is 23.7 Å². The minimum atomic E-state index is -1.16. The molecule has 2 atom stereocenters. The van der Waals surface area contributed by atoms with Crippen LogP contribution in [0.1, 0.15) is 187 Å². The van der Waals surface area contributed by atoms with E-state index in [0.29, 0.717) is 38.1 Å². The van der Waals surface area contributed by atoms with Crippen molar-refractivity contribution in [3.8, 4) is 0 Å². The zero-order valence-corrected chi connectivity index (χ0v) is 32.0. The van der Waals surface area contributed by atoms with Crippen molar-refractivity contribution in [1.82, 2.24) is 5.32 Å². The van der Waals surface area contributed by atoms with Crippen LogP contribution < -0.4 is 5.32 Å². The van der Waals surface area contributed by atoms with E-state index in [4.69, 9.17) is 5.11 Å². The zero-order chi connectivity index (χ0) is 38.6. The first-order valence-corrected chi connectivity index (χ1v) is 20.4. The molecule has 1 fully saturated rings. The molecular formula is C41H69NO10. The van der Waals surface area contributed by atoms with E-state index < -0.39 is 29.7 Å². The van der Waals surface area contributed by atoms with E-state index in [0.717, 1.165) is 51.4 Å². The summed E-state index contributed by atoms with van der Waals surface area (Å²) in [5, 5.41) is 30.7. The van der Waals surface area contributed by atoms with Crippen LogP contribution in [0.15, 0.2) is 0 Å². The van der Waals surface area contributed by atoms with Gasteiger partial charge in [0.1, 0.15) is 17.3 Å². The molecule has 0 unspecified atom stereocenters. The lowest BCUT2D eigenvalue weighted by atomic mass is 9.77. The number of unbranched alkanes of at least 4 members (excludes halogenated alkanes) is 15. The van der Waals surface area contributed by atoms with Crippen molar-refractivity contribution < 1.29 is 48.9 Å². The summed E-state index contributed by atoms with van der Waals surface area (Å²) in [5.41, 5.74) is 0. The fourth-order valence-corrected chi connectivity index (χ4v) is 7.20. The molecule has 1 amide bonds. The highest BCUT2D eigenvalue weighted by molar-refractivity contribution is 5.87. The Labute approximate surface area is 311 Å². The van der Waals surface area contributed by atoms with Crippen molar-refractivity contribution in [3.05, 3.63) is 0 Å². The summed E-state index contributed by atoms with van der Waals surface area (Å²) >= 11 is 0. The largest absolute Gasteiger partial charge is 0.481 e. The van der Waals surface area contributed by atoms with Gasteiger partial charge in [-0.15, -0.1) is 0 Å². The highest BCUT2D eigenvalue weighted by Crippen LogP contribution is 2.31. The van der Waals surface area contributed by atoms with Crippen LogP contribution in [-0.2, 0) is 33.6 Å². The molecule has 0 spiro atoms. The summed E-state index contributed by atoms with van der Waals surface area (Å²) in [4.78, 5) is 82.7. The Hall–Kier alpha value is -3.11. The second-order valence-electron chi connectivity index (χ2n) is 15.3. The van der Waals surface area contributed by atoms with Crippen LogP contribution >= 0.6 is 0 Å². The van der Waals surface area contributed by atoms with Crippen LogP contribution in [0.5, 0.6) is 0 Å². The Bertz CT molecular complexity index is 1080. The third-order valence-electron chi connectivity index (χ3n) is 10.7. The zero-order valence-electron chi connectivity index (χ0n) is 32.0. The number of Topliss-reactive ketones (excluding diaryl/α,β-unsaturated/α-hetero) is 3. The molecule has 1 saturated carbocycles. The molecule has 0 aromatic rings. The fourth-order valence-electron chi connectivity index (χ4n) is 7.20. The Kier molecular flexibility index (Phi) is 26.5. The summed E-state index contributed by atoms with van der Waals surface area (Å²) in [6.07, 6.45) is 22.1. The maximum absolute atomic E-state index is 13.0. The van der Waals surface area contributed by atoms with Gasteiger partial charge >= 0.3 is 17.9 Å². The molecule has 0 bridgehead atoms. The first kappa shape index (κ1) is 46.9. The van der Waals surface area contributed by atoms with Crippen LogP contribution in [0.3, 0.4) is 0 Å². The predicted molar refractivity (Wildman–Crippen MR) is 200 cm³/mol. The SMILES string of the molecule is CC(=O)CC[C@H](CC(=O)CC[C@H](CC(=O)C1CCC(CNC(=O)CCCCCCCCCCCCCCCCCCC(=O)O)CC1)C(=O)O)C(=O)O. The lowest BCUT2D eigenvalue weighted by Crippen LogP contribution is -2.33.